The summed E-state index contributed by atoms with van der Waals surface area (Å²) in [6.45, 7) is 6.57. The van der Waals surface area contributed by atoms with Gasteiger partial charge in [0.05, 0.1) is 6.61 Å². The molecular weight excluding hydrogens is 286 g/mol. The number of nitrogens with one attached hydrogen (secondary N) is 1. The lowest BCUT2D eigenvalue weighted by Gasteiger charge is -2.44. The maximum Gasteiger partial charge on any atom is 0.356 e. The molecule has 0 aromatic heterocycles. The molecule has 2 fully saturated rings. The molecule has 1 N–H and O–H groups in total. The third-order valence-electron chi connectivity index (χ3n) is 4.71. The fraction of sp³-hybridized carbons (Fsp3) is 0.733. The first-order valence-corrected chi connectivity index (χ1v) is 7.94. The van der Waals surface area contributed by atoms with Crippen LogP contribution in [0.25, 0.3) is 0 Å². The van der Waals surface area contributed by atoms with Crippen molar-refractivity contribution in [3.8, 4) is 0 Å². The van der Waals surface area contributed by atoms with Crippen molar-refractivity contribution in [1.82, 2.24) is 15.3 Å². The minimum atomic E-state index is -0.607. The van der Waals surface area contributed by atoms with Gasteiger partial charge in [-0.15, -0.1) is 0 Å². The Balaban J connectivity index is 1.95. The van der Waals surface area contributed by atoms with Crippen LogP contribution >= 0.6 is 0 Å². The van der Waals surface area contributed by atoms with Crippen molar-refractivity contribution >= 4 is 11.9 Å². The van der Waals surface area contributed by atoms with Crippen LogP contribution in [0.3, 0.4) is 0 Å². The molecule has 3 aliphatic rings. The molecule has 3 heterocycles. The van der Waals surface area contributed by atoms with E-state index in [1.807, 2.05) is 0 Å². The zero-order chi connectivity index (χ0) is 15.7. The average molecular weight is 309 g/mol. The minimum Gasteiger partial charge on any atom is -0.461 e. The normalized spacial score (nSPS) is 28.5. The summed E-state index contributed by atoms with van der Waals surface area (Å²) in [7, 11) is 0. The number of carbonyl (C=O) groups excluding carboxylic acids is 2. The second-order valence-corrected chi connectivity index (χ2v) is 5.95. The standard InChI is InChI=1S/C15H23N3O4/c1-3-21-14(20)13-12-10-17(11(2)19)9-6-15(12,22-16-13)18-7-4-5-8-18/h16H,3-10H2,1-2H3. The van der Waals surface area contributed by atoms with E-state index >= 15 is 0 Å². The number of piperidine rings is 1. The molecule has 0 aromatic carbocycles. The molecule has 1 amide bonds. The van der Waals surface area contributed by atoms with Gasteiger partial charge in [-0.3, -0.25) is 15.2 Å². The van der Waals surface area contributed by atoms with Gasteiger partial charge in [0.25, 0.3) is 0 Å². The maximum atomic E-state index is 12.2. The van der Waals surface area contributed by atoms with Crippen molar-refractivity contribution in [3.05, 3.63) is 11.3 Å². The van der Waals surface area contributed by atoms with Crippen LogP contribution < -0.4 is 5.48 Å². The quantitative estimate of drug-likeness (QED) is 0.760. The lowest BCUT2D eigenvalue weighted by Crippen LogP contribution is -2.57. The first kappa shape index (κ1) is 15.3. The van der Waals surface area contributed by atoms with Gasteiger partial charge in [-0.05, 0) is 19.8 Å². The van der Waals surface area contributed by atoms with E-state index in [2.05, 4.69) is 10.4 Å². The highest BCUT2D eigenvalue weighted by Gasteiger charge is 2.53. The van der Waals surface area contributed by atoms with Crippen LogP contribution in [0.4, 0.5) is 0 Å². The zero-order valence-electron chi connectivity index (χ0n) is 13.2. The van der Waals surface area contributed by atoms with Crippen molar-refractivity contribution in [3.63, 3.8) is 0 Å². The molecule has 0 aromatic rings. The van der Waals surface area contributed by atoms with Crippen molar-refractivity contribution in [2.75, 3.05) is 32.8 Å². The largest absolute Gasteiger partial charge is 0.461 e. The molecule has 0 bridgehead atoms. The molecule has 2 saturated heterocycles. The minimum absolute atomic E-state index is 0.0117. The fourth-order valence-electron chi connectivity index (χ4n) is 3.54. The molecule has 22 heavy (non-hydrogen) atoms. The molecule has 0 spiro atoms. The smallest absolute Gasteiger partial charge is 0.356 e. The van der Waals surface area contributed by atoms with Gasteiger partial charge in [0.2, 0.25) is 5.91 Å². The third-order valence-corrected chi connectivity index (χ3v) is 4.71. The van der Waals surface area contributed by atoms with Crippen LogP contribution in [0, 0.1) is 0 Å². The Morgan fingerprint density at radius 3 is 2.68 bits per heavy atom. The summed E-state index contributed by atoms with van der Waals surface area (Å²) < 4.78 is 5.12. The summed E-state index contributed by atoms with van der Waals surface area (Å²) in [6, 6.07) is 0. The number of esters is 1. The summed E-state index contributed by atoms with van der Waals surface area (Å²) in [4.78, 5) is 33.8. The third kappa shape index (κ3) is 2.38. The van der Waals surface area contributed by atoms with Gasteiger partial charge in [0, 0.05) is 45.1 Å². The van der Waals surface area contributed by atoms with E-state index in [1.54, 1.807) is 18.7 Å². The Labute approximate surface area is 130 Å². The molecule has 1 atom stereocenters. The van der Waals surface area contributed by atoms with Gasteiger partial charge in [0.15, 0.2) is 11.4 Å². The monoisotopic (exact) mass is 309 g/mol. The molecular formula is C15H23N3O4. The van der Waals surface area contributed by atoms with E-state index < -0.39 is 11.7 Å². The number of carbonyl (C=O) groups is 2. The van der Waals surface area contributed by atoms with E-state index in [0.29, 0.717) is 31.8 Å². The molecule has 122 valence electrons. The van der Waals surface area contributed by atoms with Crippen molar-refractivity contribution < 1.29 is 19.2 Å². The molecule has 0 aliphatic carbocycles. The van der Waals surface area contributed by atoms with Crippen LogP contribution in [-0.2, 0) is 19.2 Å². The lowest BCUT2D eigenvalue weighted by molar-refractivity contribution is -0.161. The van der Waals surface area contributed by atoms with Crippen LogP contribution in [0.2, 0.25) is 0 Å². The van der Waals surface area contributed by atoms with Crippen molar-refractivity contribution in [1.29, 1.82) is 0 Å². The van der Waals surface area contributed by atoms with Gasteiger partial charge in [-0.25, -0.2) is 9.63 Å². The average Bonchev–Trinajstić information content (AvgIpc) is 3.15. The zero-order valence-corrected chi connectivity index (χ0v) is 13.2. The Bertz CT molecular complexity index is 513. The molecule has 0 radical (unpaired) electrons. The highest BCUT2D eigenvalue weighted by molar-refractivity contribution is 5.90. The summed E-state index contributed by atoms with van der Waals surface area (Å²) in [5.41, 5.74) is 3.37. The van der Waals surface area contributed by atoms with Crippen LogP contribution in [-0.4, -0.2) is 60.2 Å². The summed E-state index contributed by atoms with van der Waals surface area (Å²) in [6.07, 6.45) is 2.92. The van der Waals surface area contributed by atoms with E-state index in [9.17, 15) is 9.59 Å². The number of hydrogen-bond acceptors (Lipinski definition) is 6. The fourth-order valence-corrected chi connectivity index (χ4v) is 3.54. The summed E-state index contributed by atoms with van der Waals surface area (Å²) in [5, 5.41) is 0. The number of amides is 1. The lowest BCUT2D eigenvalue weighted by atomic mass is 9.91. The number of fused-ring (bicyclic) bond motifs is 1. The number of hydroxylamine groups is 1. The van der Waals surface area contributed by atoms with Crippen LogP contribution in [0.5, 0.6) is 0 Å². The Morgan fingerprint density at radius 1 is 1.32 bits per heavy atom. The Hall–Kier alpha value is -1.60. The Morgan fingerprint density at radius 2 is 2.05 bits per heavy atom. The van der Waals surface area contributed by atoms with Gasteiger partial charge >= 0.3 is 5.97 Å². The molecule has 3 rings (SSSR count). The molecule has 1 unspecified atom stereocenters. The molecule has 7 heteroatoms. The van der Waals surface area contributed by atoms with E-state index in [-0.39, 0.29) is 5.91 Å². The molecule has 3 aliphatic heterocycles. The number of ether oxygens (including phenoxy) is 1. The Kier molecular flexibility index (Phi) is 4.10. The van der Waals surface area contributed by atoms with Crippen LogP contribution in [0.15, 0.2) is 11.3 Å². The summed E-state index contributed by atoms with van der Waals surface area (Å²) >= 11 is 0. The molecule has 0 saturated carbocycles. The number of likely N-dealkylation sites (tertiary alicyclic amines) is 2. The predicted molar refractivity (Wildman–Crippen MR) is 78.3 cm³/mol. The van der Waals surface area contributed by atoms with Gasteiger partial charge in [-0.1, -0.05) is 0 Å². The van der Waals surface area contributed by atoms with Crippen LogP contribution in [0.1, 0.15) is 33.1 Å². The van der Waals surface area contributed by atoms with E-state index in [1.165, 1.54) is 0 Å². The first-order valence-electron chi connectivity index (χ1n) is 7.94. The number of nitrogens with zero attached hydrogens (tertiary/aromatic N) is 2. The first-order chi connectivity index (χ1) is 10.6. The number of hydrogen-bond donors (Lipinski definition) is 1. The maximum absolute atomic E-state index is 12.2. The highest BCUT2D eigenvalue weighted by atomic mass is 16.7. The van der Waals surface area contributed by atoms with Crippen molar-refractivity contribution in [2.24, 2.45) is 0 Å². The second kappa shape index (κ2) is 5.89. The van der Waals surface area contributed by atoms with E-state index in [0.717, 1.165) is 31.5 Å². The second-order valence-electron chi connectivity index (χ2n) is 5.95. The van der Waals surface area contributed by atoms with Crippen molar-refractivity contribution in [2.45, 2.75) is 38.8 Å². The van der Waals surface area contributed by atoms with Gasteiger partial charge in [0.1, 0.15) is 0 Å². The predicted octanol–water partition coefficient (Wildman–Crippen LogP) is 0.383. The van der Waals surface area contributed by atoms with Gasteiger partial charge < -0.3 is 9.64 Å². The molecule has 7 nitrogen and oxygen atoms in total. The summed E-state index contributed by atoms with van der Waals surface area (Å²) in [5.74, 6) is -0.401. The SMILES string of the molecule is CCOC(=O)C1=C2CN(C(C)=O)CCC2(N2CCCC2)ON1. The topological polar surface area (TPSA) is 71.1 Å². The number of rotatable bonds is 3. The van der Waals surface area contributed by atoms with E-state index in [4.69, 9.17) is 9.57 Å². The highest BCUT2D eigenvalue weighted by Crippen LogP contribution is 2.41. The van der Waals surface area contributed by atoms with Gasteiger partial charge in [-0.2, -0.15) is 0 Å².